The van der Waals surface area contributed by atoms with E-state index in [1.54, 1.807) is 0 Å². The number of aliphatic imine (C=N–C) groups is 2. The molecule has 1 aliphatic rings. The van der Waals surface area contributed by atoms with E-state index >= 15 is 0 Å². The van der Waals surface area contributed by atoms with Gasteiger partial charge in [-0.25, -0.2) is 4.99 Å². The Balaban J connectivity index is 2.21. The number of nitrogens with one attached hydrogen (secondary N) is 1. The summed E-state index contributed by atoms with van der Waals surface area (Å²) in [7, 11) is 0. The van der Waals surface area contributed by atoms with Gasteiger partial charge >= 0.3 is 0 Å². The number of nitrogens with two attached hydrogens (primary N) is 3. The zero-order valence-electron chi connectivity index (χ0n) is 8.67. The van der Waals surface area contributed by atoms with E-state index in [2.05, 4.69) is 15.3 Å². The second kappa shape index (κ2) is 3.92. The summed E-state index contributed by atoms with van der Waals surface area (Å²) in [4.78, 5) is 7.85. The third kappa shape index (κ3) is 2.02. The van der Waals surface area contributed by atoms with E-state index in [4.69, 9.17) is 17.2 Å². The minimum absolute atomic E-state index is 0.221. The fraction of sp³-hybridized carbons (Fsp3) is 0.200. The molecule has 0 bridgehead atoms. The van der Waals surface area contributed by atoms with Crippen LogP contribution in [-0.2, 0) is 0 Å². The minimum Gasteiger partial charge on any atom is -0.384 e. The van der Waals surface area contributed by atoms with Crippen molar-refractivity contribution in [1.29, 1.82) is 0 Å². The molecular weight excluding hydrogens is 204 g/mol. The number of hydrogen-bond acceptors (Lipinski definition) is 6. The second-order valence-electron chi connectivity index (χ2n) is 3.57. The lowest BCUT2D eigenvalue weighted by atomic mass is 10.1. The van der Waals surface area contributed by atoms with Crippen LogP contribution in [-0.4, -0.2) is 24.0 Å². The van der Waals surface area contributed by atoms with Gasteiger partial charge in [-0.3, -0.25) is 16.5 Å². The molecule has 0 fully saturated rings. The predicted molar refractivity (Wildman–Crippen MR) is 65.1 cm³/mol. The zero-order valence-corrected chi connectivity index (χ0v) is 8.67. The van der Waals surface area contributed by atoms with Crippen molar-refractivity contribution in [3.63, 3.8) is 0 Å². The Morgan fingerprint density at radius 1 is 1.25 bits per heavy atom. The van der Waals surface area contributed by atoms with Gasteiger partial charge in [0.2, 0.25) is 0 Å². The first kappa shape index (κ1) is 10.6. The molecule has 0 spiro atoms. The minimum atomic E-state index is -1.07. The summed E-state index contributed by atoms with van der Waals surface area (Å²) in [6, 6.07) is 9.46. The first-order valence-corrected chi connectivity index (χ1v) is 4.86. The van der Waals surface area contributed by atoms with Gasteiger partial charge in [0.1, 0.15) is 5.84 Å². The second-order valence-corrected chi connectivity index (χ2v) is 3.57. The van der Waals surface area contributed by atoms with Crippen LogP contribution in [0.25, 0.3) is 0 Å². The highest BCUT2D eigenvalue weighted by molar-refractivity contribution is 6.08. The summed E-state index contributed by atoms with van der Waals surface area (Å²) < 4.78 is 0. The quantitative estimate of drug-likeness (QED) is 0.498. The van der Waals surface area contributed by atoms with E-state index < -0.39 is 12.0 Å². The van der Waals surface area contributed by atoms with Crippen LogP contribution >= 0.6 is 0 Å². The molecule has 84 valence electrons. The third-order valence-electron chi connectivity index (χ3n) is 2.25. The van der Waals surface area contributed by atoms with E-state index in [1.165, 1.54) is 6.21 Å². The van der Waals surface area contributed by atoms with Crippen LogP contribution < -0.4 is 22.5 Å². The molecule has 2 unspecified atom stereocenters. The van der Waals surface area contributed by atoms with Gasteiger partial charge in [-0.05, 0) is 12.1 Å². The average molecular weight is 218 g/mol. The normalized spacial score (nSPS) is 28.6. The van der Waals surface area contributed by atoms with Gasteiger partial charge in [-0.15, -0.1) is 0 Å². The number of rotatable bonds is 2. The smallest absolute Gasteiger partial charge is 0.193 e. The van der Waals surface area contributed by atoms with Gasteiger partial charge in [0.25, 0.3) is 0 Å². The highest BCUT2D eigenvalue weighted by Crippen LogP contribution is 2.12. The highest BCUT2D eigenvalue weighted by atomic mass is 15.3. The predicted octanol–water partition coefficient (Wildman–Crippen LogP) is -0.563. The van der Waals surface area contributed by atoms with Gasteiger partial charge in [0, 0.05) is 5.69 Å². The van der Waals surface area contributed by atoms with Crippen molar-refractivity contribution in [2.45, 2.75) is 12.0 Å². The summed E-state index contributed by atoms with van der Waals surface area (Å²) in [5.74, 6) is 0.221. The number of para-hydroxylation sites is 1. The highest BCUT2D eigenvalue weighted by Gasteiger charge is 2.30. The van der Waals surface area contributed by atoms with E-state index in [-0.39, 0.29) is 5.84 Å². The Bertz CT molecular complexity index is 426. The molecule has 6 nitrogen and oxygen atoms in total. The lowest BCUT2D eigenvalue weighted by molar-refractivity contribution is 0.699. The van der Waals surface area contributed by atoms with Crippen molar-refractivity contribution in [3.8, 4) is 0 Å². The Morgan fingerprint density at radius 2 is 1.94 bits per heavy atom. The summed E-state index contributed by atoms with van der Waals surface area (Å²) in [6.07, 6.45) is 0.821. The van der Waals surface area contributed by atoms with Crippen LogP contribution in [0.2, 0.25) is 0 Å². The van der Waals surface area contributed by atoms with Crippen molar-refractivity contribution < 1.29 is 0 Å². The third-order valence-corrected chi connectivity index (χ3v) is 2.25. The molecule has 2 atom stereocenters. The molecule has 0 saturated carbocycles. The van der Waals surface area contributed by atoms with Gasteiger partial charge in [-0.2, -0.15) is 0 Å². The summed E-state index contributed by atoms with van der Waals surface area (Å²) in [5, 5.41) is 3.04. The zero-order chi connectivity index (χ0) is 11.6. The van der Waals surface area contributed by atoms with Crippen LogP contribution in [0.15, 0.2) is 40.3 Å². The molecule has 6 heteroatoms. The number of benzene rings is 1. The van der Waals surface area contributed by atoms with Crippen LogP contribution in [0.1, 0.15) is 0 Å². The molecule has 16 heavy (non-hydrogen) atoms. The summed E-state index contributed by atoms with van der Waals surface area (Å²) in [5.41, 5.74) is 17.0. The molecule has 2 rings (SSSR count). The average Bonchev–Trinajstić information content (AvgIpc) is 2.26. The molecule has 1 aromatic rings. The first-order chi connectivity index (χ1) is 7.60. The SMILES string of the molecule is NC1=NC(N)N=CC1(N)Nc1ccccc1. The Hall–Kier alpha value is -1.92. The standard InChI is InChI=1S/C10H14N6/c11-8-10(13,6-14-9(12)15-8)16-7-4-2-1-3-5-7/h1-6,9,16H,12-13H2,(H2,11,15). The fourth-order valence-corrected chi connectivity index (χ4v) is 1.40. The van der Waals surface area contributed by atoms with Crippen LogP contribution in [0.5, 0.6) is 0 Å². The van der Waals surface area contributed by atoms with Gasteiger partial charge in [0.15, 0.2) is 12.0 Å². The monoisotopic (exact) mass is 218 g/mol. The van der Waals surface area contributed by atoms with E-state index in [1.807, 2.05) is 30.3 Å². The van der Waals surface area contributed by atoms with Crippen molar-refractivity contribution in [2.75, 3.05) is 5.32 Å². The molecule has 0 aliphatic carbocycles. The van der Waals surface area contributed by atoms with Crippen LogP contribution in [0, 0.1) is 0 Å². The summed E-state index contributed by atoms with van der Waals surface area (Å²) in [6.45, 7) is 0. The maximum absolute atomic E-state index is 6.03. The number of nitrogens with zero attached hydrogens (tertiary/aromatic N) is 2. The molecule has 7 N–H and O–H groups in total. The maximum Gasteiger partial charge on any atom is 0.193 e. The molecule has 1 aromatic carbocycles. The van der Waals surface area contributed by atoms with Crippen LogP contribution in [0.4, 0.5) is 5.69 Å². The lowest BCUT2D eigenvalue weighted by Gasteiger charge is -2.30. The van der Waals surface area contributed by atoms with Gasteiger partial charge < -0.3 is 11.1 Å². The van der Waals surface area contributed by atoms with Crippen molar-refractivity contribution in [2.24, 2.45) is 27.2 Å². The first-order valence-electron chi connectivity index (χ1n) is 4.86. The molecule has 1 aliphatic heterocycles. The largest absolute Gasteiger partial charge is 0.384 e. The van der Waals surface area contributed by atoms with E-state index in [0.29, 0.717) is 0 Å². The molecule has 0 aromatic heterocycles. The van der Waals surface area contributed by atoms with Crippen molar-refractivity contribution >= 4 is 17.7 Å². The van der Waals surface area contributed by atoms with E-state index in [0.717, 1.165) is 5.69 Å². The molecular formula is C10H14N6. The lowest BCUT2D eigenvalue weighted by Crippen LogP contribution is -2.61. The van der Waals surface area contributed by atoms with Crippen molar-refractivity contribution in [3.05, 3.63) is 30.3 Å². The molecule has 1 heterocycles. The van der Waals surface area contributed by atoms with Gasteiger partial charge in [-0.1, -0.05) is 18.2 Å². The Morgan fingerprint density at radius 3 is 2.56 bits per heavy atom. The molecule has 0 radical (unpaired) electrons. The van der Waals surface area contributed by atoms with E-state index in [9.17, 15) is 0 Å². The topological polar surface area (TPSA) is 115 Å². The Labute approximate surface area is 93.2 Å². The number of hydrogen-bond donors (Lipinski definition) is 4. The van der Waals surface area contributed by atoms with Crippen molar-refractivity contribution in [1.82, 2.24) is 0 Å². The number of anilines is 1. The molecule has 0 amide bonds. The molecule has 0 saturated heterocycles. The number of amidine groups is 1. The van der Waals surface area contributed by atoms with Crippen LogP contribution in [0.3, 0.4) is 0 Å². The Kier molecular flexibility index (Phi) is 2.59. The fourth-order valence-electron chi connectivity index (χ4n) is 1.40. The maximum atomic E-state index is 6.03. The van der Waals surface area contributed by atoms with Gasteiger partial charge in [0.05, 0.1) is 6.21 Å². The summed E-state index contributed by atoms with van der Waals surface area (Å²) >= 11 is 0.